The number of benzene rings is 1. The number of nitrogens with zero attached hydrogens (tertiary/aromatic N) is 2. The van der Waals surface area contributed by atoms with Crippen molar-refractivity contribution in [1.29, 1.82) is 0 Å². The summed E-state index contributed by atoms with van der Waals surface area (Å²) in [4.78, 5) is 4.63. The largest absolute Gasteiger partial charge is 0.493 e. The van der Waals surface area contributed by atoms with Gasteiger partial charge in [-0.2, -0.15) is 0 Å². The van der Waals surface area contributed by atoms with Crippen LogP contribution in [-0.4, -0.2) is 61.9 Å². The molecule has 0 saturated carbocycles. The third kappa shape index (κ3) is 5.37. The minimum absolute atomic E-state index is 0.747. The Hall–Kier alpha value is -2.25. The van der Waals surface area contributed by atoms with Crippen LogP contribution in [0.4, 0.5) is 0 Å². The van der Waals surface area contributed by atoms with Crippen molar-refractivity contribution in [3.05, 3.63) is 47.9 Å². The number of ether oxygens (including phenoxy) is 2. The maximum atomic E-state index is 5.57. The van der Waals surface area contributed by atoms with Crippen molar-refractivity contribution in [3.63, 3.8) is 0 Å². The molecular formula is C20H27N3O3S. The molecule has 1 aliphatic heterocycles. The second-order valence-electron chi connectivity index (χ2n) is 6.51. The first-order chi connectivity index (χ1) is 13.2. The Morgan fingerprint density at radius 1 is 1.11 bits per heavy atom. The Labute approximate surface area is 166 Å². The summed E-state index contributed by atoms with van der Waals surface area (Å²) in [5.74, 6) is 2.52. The normalized spacial score (nSPS) is 14.8. The second kappa shape index (κ2) is 9.62. The molecule has 3 rings (SSSR count). The molecule has 0 spiro atoms. The molecule has 7 heteroatoms. The van der Waals surface area contributed by atoms with E-state index in [2.05, 4.69) is 21.2 Å². The molecule has 1 N–H and O–H groups in total. The Morgan fingerprint density at radius 2 is 1.89 bits per heavy atom. The van der Waals surface area contributed by atoms with E-state index in [4.69, 9.17) is 26.1 Å². The highest BCUT2D eigenvalue weighted by Gasteiger charge is 2.19. The lowest BCUT2D eigenvalue weighted by molar-refractivity contribution is 0.164. The summed E-state index contributed by atoms with van der Waals surface area (Å²) in [6.45, 7) is 5.49. The van der Waals surface area contributed by atoms with Gasteiger partial charge in [-0.1, -0.05) is 6.07 Å². The minimum atomic E-state index is 0.747. The van der Waals surface area contributed by atoms with Gasteiger partial charge in [0.25, 0.3) is 0 Å². The highest BCUT2D eigenvalue weighted by molar-refractivity contribution is 7.80. The highest BCUT2D eigenvalue weighted by Crippen LogP contribution is 2.27. The van der Waals surface area contributed by atoms with Gasteiger partial charge in [0.05, 0.1) is 27.0 Å². The zero-order chi connectivity index (χ0) is 19.1. The quantitative estimate of drug-likeness (QED) is 0.730. The molecule has 0 unspecified atom stereocenters. The number of hydrogen-bond acceptors (Lipinski definition) is 5. The smallest absolute Gasteiger partial charge is 0.169 e. The van der Waals surface area contributed by atoms with Gasteiger partial charge in [-0.25, -0.2) is 0 Å². The van der Waals surface area contributed by atoms with Crippen molar-refractivity contribution < 1.29 is 13.9 Å². The van der Waals surface area contributed by atoms with Crippen molar-refractivity contribution >= 4 is 17.3 Å². The Bertz CT molecular complexity index is 728. The van der Waals surface area contributed by atoms with E-state index < -0.39 is 0 Å². The van der Waals surface area contributed by atoms with Crippen LogP contribution in [0, 0.1) is 0 Å². The van der Waals surface area contributed by atoms with Crippen LogP contribution in [0.15, 0.2) is 41.0 Å². The van der Waals surface area contributed by atoms with E-state index in [9.17, 15) is 0 Å². The SMILES string of the molecule is COc1ccc(CCNC(=S)N2CCN(Cc3ccco3)CC2)cc1OC. The van der Waals surface area contributed by atoms with Crippen molar-refractivity contribution in [2.45, 2.75) is 13.0 Å². The molecule has 6 nitrogen and oxygen atoms in total. The molecule has 1 aromatic carbocycles. The maximum absolute atomic E-state index is 5.57. The fourth-order valence-electron chi connectivity index (χ4n) is 3.19. The van der Waals surface area contributed by atoms with Crippen LogP contribution in [0.2, 0.25) is 0 Å². The Kier molecular flexibility index (Phi) is 6.95. The van der Waals surface area contributed by atoms with E-state index in [1.807, 2.05) is 24.3 Å². The van der Waals surface area contributed by atoms with Crippen molar-refractivity contribution in [2.24, 2.45) is 0 Å². The third-order valence-electron chi connectivity index (χ3n) is 4.76. The Balaban J connectivity index is 1.40. The summed E-state index contributed by atoms with van der Waals surface area (Å²) in [6.07, 6.45) is 2.60. The van der Waals surface area contributed by atoms with Crippen molar-refractivity contribution in [2.75, 3.05) is 46.9 Å². The number of piperazine rings is 1. The molecule has 27 heavy (non-hydrogen) atoms. The van der Waals surface area contributed by atoms with Crippen molar-refractivity contribution in [3.8, 4) is 11.5 Å². The van der Waals surface area contributed by atoms with Gasteiger partial charge in [-0.3, -0.25) is 4.90 Å². The molecule has 0 amide bonds. The molecule has 2 aromatic rings. The van der Waals surface area contributed by atoms with Crippen LogP contribution in [-0.2, 0) is 13.0 Å². The molecule has 146 valence electrons. The minimum Gasteiger partial charge on any atom is -0.493 e. The molecule has 0 radical (unpaired) electrons. The number of methoxy groups -OCH3 is 2. The number of thiocarbonyl (C=S) groups is 1. The number of nitrogens with one attached hydrogen (secondary N) is 1. The highest BCUT2D eigenvalue weighted by atomic mass is 32.1. The number of hydrogen-bond donors (Lipinski definition) is 1. The lowest BCUT2D eigenvalue weighted by Gasteiger charge is -2.35. The van der Waals surface area contributed by atoms with Crippen LogP contribution < -0.4 is 14.8 Å². The lowest BCUT2D eigenvalue weighted by Crippen LogP contribution is -2.51. The molecule has 0 aliphatic carbocycles. The van der Waals surface area contributed by atoms with E-state index in [0.29, 0.717) is 0 Å². The maximum Gasteiger partial charge on any atom is 0.169 e. The molecule has 0 atom stereocenters. The molecule has 2 heterocycles. The van der Waals surface area contributed by atoms with E-state index in [0.717, 1.165) is 68.1 Å². The van der Waals surface area contributed by atoms with Crippen LogP contribution >= 0.6 is 12.2 Å². The molecular weight excluding hydrogens is 362 g/mol. The second-order valence-corrected chi connectivity index (χ2v) is 6.90. The van der Waals surface area contributed by atoms with Crippen LogP contribution in [0.3, 0.4) is 0 Å². The average Bonchev–Trinajstić information content (AvgIpc) is 3.21. The predicted molar refractivity (Wildman–Crippen MR) is 109 cm³/mol. The monoisotopic (exact) mass is 389 g/mol. The van der Waals surface area contributed by atoms with Gasteiger partial charge in [0.1, 0.15) is 5.76 Å². The topological polar surface area (TPSA) is 50.1 Å². The van der Waals surface area contributed by atoms with Gasteiger partial charge in [0, 0.05) is 32.7 Å². The van der Waals surface area contributed by atoms with Gasteiger partial charge in [0.2, 0.25) is 0 Å². The van der Waals surface area contributed by atoms with Gasteiger partial charge < -0.3 is 24.1 Å². The summed E-state index contributed by atoms with van der Waals surface area (Å²) in [5, 5.41) is 4.20. The summed E-state index contributed by atoms with van der Waals surface area (Å²) >= 11 is 5.57. The lowest BCUT2D eigenvalue weighted by atomic mass is 10.1. The standard InChI is InChI=1S/C20H27N3O3S/c1-24-18-6-5-16(14-19(18)25-2)7-8-21-20(27)23-11-9-22(10-12-23)15-17-4-3-13-26-17/h3-6,13-14H,7-12,15H2,1-2H3,(H,21,27). The summed E-state index contributed by atoms with van der Waals surface area (Å²) in [6, 6.07) is 9.96. The summed E-state index contributed by atoms with van der Waals surface area (Å²) < 4.78 is 16.1. The average molecular weight is 390 g/mol. The van der Waals surface area contributed by atoms with Gasteiger partial charge in [-0.05, 0) is 48.5 Å². The fraction of sp³-hybridized carbons (Fsp3) is 0.450. The van der Waals surface area contributed by atoms with Gasteiger partial charge in [0.15, 0.2) is 16.6 Å². The van der Waals surface area contributed by atoms with E-state index in [1.165, 1.54) is 5.56 Å². The van der Waals surface area contributed by atoms with Crippen LogP contribution in [0.25, 0.3) is 0 Å². The summed E-state index contributed by atoms with van der Waals surface area (Å²) in [7, 11) is 3.30. The fourth-order valence-corrected chi connectivity index (χ4v) is 3.48. The summed E-state index contributed by atoms with van der Waals surface area (Å²) in [5.41, 5.74) is 1.19. The Morgan fingerprint density at radius 3 is 2.56 bits per heavy atom. The first-order valence-corrected chi connectivity index (χ1v) is 9.59. The first kappa shape index (κ1) is 19.5. The van der Waals surface area contributed by atoms with Crippen LogP contribution in [0.5, 0.6) is 11.5 Å². The molecule has 1 aliphatic rings. The van der Waals surface area contributed by atoms with E-state index in [1.54, 1.807) is 20.5 Å². The third-order valence-corrected chi connectivity index (χ3v) is 5.16. The number of rotatable bonds is 7. The molecule has 1 aromatic heterocycles. The van der Waals surface area contributed by atoms with Gasteiger partial charge in [-0.15, -0.1) is 0 Å². The van der Waals surface area contributed by atoms with Crippen molar-refractivity contribution in [1.82, 2.24) is 15.1 Å². The first-order valence-electron chi connectivity index (χ1n) is 9.18. The zero-order valence-electron chi connectivity index (χ0n) is 15.9. The van der Waals surface area contributed by atoms with E-state index in [-0.39, 0.29) is 0 Å². The zero-order valence-corrected chi connectivity index (χ0v) is 16.8. The van der Waals surface area contributed by atoms with E-state index >= 15 is 0 Å². The number of furan rings is 1. The van der Waals surface area contributed by atoms with Crippen LogP contribution in [0.1, 0.15) is 11.3 Å². The predicted octanol–water partition coefficient (Wildman–Crippen LogP) is 2.53. The molecule has 1 fully saturated rings. The van der Waals surface area contributed by atoms with Gasteiger partial charge >= 0.3 is 0 Å². The molecule has 0 bridgehead atoms. The molecule has 1 saturated heterocycles.